The van der Waals surface area contributed by atoms with Crippen LogP contribution in [0.1, 0.15) is 13.3 Å². The maximum atomic E-state index is 5.94. The van der Waals surface area contributed by atoms with Gasteiger partial charge in [-0.05, 0) is 54.1 Å². The van der Waals surface area contributed by atoms with E-state index in [0.29, 0.717) is 6.04 Å². The maximum Gasteiger partial charge on any atom is 0.103 e. The fourth-order valence-corrected chi connectivity index (χ4v) is 3.25. The van der Waals surface area contributed by atoms with E-state index in [1.165, 1.54) is 0 Å². The Morgan fingerprint density at radius 1 is 1.50 bits per heavy atom. The molecule has 1 aliphatic rings. The number of anilines is 1. The maximum absolute atomic E-state index is 5.94. The number of nitrogens with one attached hydrogen (secondary N) is 1. The van der Waals surface area contributed by atoms with Gasteiger partial charge in [0.05, 0.1) is 12.1 Å². The van der Waals surface area contributed by atoms with Crippen LogP contribution in [0, 0.1) is 3.57 Å². The number of methoxy groups -OCH3 is 1. The van der Waals surface area contributed by atoms with Crippen LogP contribution in [0.4, 0.5) is 5.69 Å². The van der Waals surface area contributed by atoms with Gasteiger partial charge in [0.2, 0.25) is 0 Å². The van der Waals surface area contributed by atoms with Crippen molar-refractivity contribution in [2.45, 2.75) is 31.6 Å². The molecule has 2 rings (SSSR count). The van der Waals surface area contributed by atoms with E-state index >= 15 is 0 Å². The van der Waals surface area contributed by atoms with Crippen molar-refractivity contribution in [1.29, 1.82) is 0 Å². The van der Waals surface area contributed by atoms with E-state index in [0.717, 1.165) is 27.3 Å². The van der Waals surface area contributed by atoms with Gasteiger partial charge in [-0.2, -0.15) is 0 Å². The zero-order valence-electron chi connectivity index (χ0n) is 10.5. The molecule has 1 saturated carbocycles. The molecule has 0 bridgehead atoms. The summed E-state index contributed by atoms with van der Waals surface area (Å²) >= 11 is 8.23. The minimum absolute atomic E-state index is 0.122. The number of hydrogen-bond donors (Lipinski definition) is 1. The standard InChI is InChI=1S/C13H17ClINO2/c1-3-18-12-7-11(13(12)17-2)16-10-5-4-8(14)6-9(10)15/h4-6,11-13,16H,3,7H2,1-2H3. The van der Waals surface area contributed by atoms with Crippen molar-refractivity contribution >= 4 is 39.9 Å². The van der Waals surface area contributed by atoms with Gasteiger partial charge in [-0.15, -0.1) is 0 Å². The second kappa shape index (κ2) is 6.41. The summed E-state index contributed by atoms with van der Waals surface area (Å²) in [5.74, 6) is 0. The molecule has 0 amide bonds. The van der Waals surface area contributed by atoms with E-state index in [-0.39, 0.29) is 12.2 Å². The van der Waals surface area contributed by atoms with Crippen LogP contribution in [-0.4, -0.2) is 32.0 Å². The van der Waals surface area contributed by atoms with E-state index in [4.69, 9.17) is 21.1 Å². The van der Waals surface area contributed by atoms with E-state index in [2.05, 4.69) is 27.9 Å². The third-order valence-electron chi connectivity index (χ3n) is 3.17. The lowest BCUT2D eigenvalue weighted by Crippen LogP contribution is -2.56. The Morgan fingerprint density at radius 2 is 2.28 bits per heavy atom. The van der Waals surface area contributed by atoms with Crippen LogP contribution in [0.15, 0.2) is 18.2 Å². The molecule has 100 valence electrons. The molecule has 1 fully saturated rings. The van der Waals surface area contributed by atoms with Crippen molar-refractivity contribution in [3.63, 3.8) is 0 Å². The van der Waals surface area contributed by atoms with Crippen LogP contribution in [0.5, 0.6) is 0 Å². The van der Waals surface area contributed by atoms with Gasteiger partial charge in [-0.3, -0.25) is 0 Å². The molecule has 3 nitrogen and oxygen atoms in total. The van der Waals surface area contributed by atoms with Gasteiger partial charge >= 0.3 is 0 Å². The zero-order valence-corrected chi connectivity index (χ0v) is 13.4. The quantitative estimate of drug-likeness (QED) is 0.791. The van der Waals surface area contributed by atoms with E-state index < -0.39 is 0 Å². The van der Waals surface area contributed by atoms with Gasteiger partial charge < -0.3 is 14.8 Å². The highest BCUT2D eigenvalue weighted by atomic mass is 127. The Labute approximate surface area is 126 Å². The summed E-state index contributed by atoms with van der Waals surface area (Å²) in [6.45, 7) is 2.74. The monoisotopic (exact) mass is 381 g/mol. The smallest absolute Gasteiger partial charge is 0.103 e. The number of benzene rings is 1. The van der Waals surface area contributed by atoms with E-state index in [1.807, 2.05) is 25.1 Å². The lowest BCUT2D eigenvalue weighted by atomic mass is 9.85. The lowest BCUT2D eigenvalue weighted by molar-refractivity contribution is -0.118. The molecule has 1 aliphatic carbocycles. The first-order valence-electron chi connectivity index (χ1n) is 6.01. The molecular formula is C13H17ClINO2. The van der Waals surface area contributed by atoms with Crippen molar-refractivity contribution in [3.8, 4) is 0 Å². The predicted molar refractivity (Wildman–Crippen MR) is 82.4 cm³/mol. The summed E-state index contributed by atoms with van der Waals surface area (Å²) in [6, 6.07) is 6.16. The van der Waals surface area contributed by atoms with Gasteiger partial charge in [-0.25, -0.2) is 0 Å². The molecule has 0 radical (unpaired) electrons. The molecule has 1 N–H and O–H groups in total. The average molecular weight is 382 g/mol. The van der Waals surface area contributed by atoms with E-state index in [1.54, 1.807) is 7.11 Å². The molecule has 1 aromatic carbocycles. The van der Waals surface area contributed by atoms with Crippen LogP contribution >= 0.6 is 34.2 Å². The van der Waals surface area contributed by atoms with Crippen molar-refractivity contribution in [1.82, 2.24) is 0 Å². The van der Waals surface area contributed by atoms with Crippen molar-refractivity contribution in [2.75, 3.05) is 19.0 Å². The zero-order chi connectivity index (χ0) is 13.1. The van der Waals surface area contributed by atoms with Gasteiger partial charge in [0.25, 0.3) is 0 Å². The molecule has 0 aliphatic heterocycles. The van der Waals surface area contributed by atoms with Crippen molar-refractivity contribution in [2.24, 2.45) is 0 Å². The van der Waals surface area contributed by atoms with Crippen molar-refractivity contribution in [3.05, 3.63) is 26.8 Å². The summed E-state index contributed by atoms with van der Waals surface area (Å²) in [5.41, 5.74) is 1.10. The molecular weight excluding hydrogens is 365 g/mol. The summed E-state index contributed by atoms with van der Waals surface area (Å²) in [4.78, 5) is 0. The second-order valence-corrected chi connectivity index (χ2v) is 5.90. The third-order valence-corrected chi connectivity index (χ3v) is 4.30. The summed E-state index contributed by atoms with van der Waals surface area (Å²) in [7, 11) is 1.73. The average Bonchev–Trinajstić information content (AvgIpc) is 2.31. The Kier molecular flexibility index (Phi) is 5.12. The van der Waals surface area contributed by atoms with Crippen LogP contribution in [0.25, 0.3) is 0 Å². The molecule has 0 heterocycles. The number of hydrogen-bond acceptors (Lipinski definition) is 3. The van der Waals surface area contributed by atoms with Gasteiger partial charge in [0.15, 0.2) is 0 Å². The molecule has 0 spiro atoms. The first-order valence-corrected chi connectivity index (χ1v) is 7.47. The molecule has 3 atom stereocenters. The molecule has 0 aromatic heterocycles. The number of ether oxygens (including phenoxy) is 2. The van der Waals surface area contributed by atoms with Crippen LogP contribution in [0.2, 0.25) is 5.02 Å². The van der Waals surface area contributed by atoms with Gasteiger partial charge in [-0.1, -0.05) is 11.6 Å². The highest BCUT2D eigenvalue weighted by Gasteiger charge is 2.42. The number of rotatable bonds is 5. The number of halogens is 2. The summed E-state index contributed by atoms with van der Waals surface area (Å²) in [6.07, 6.45) is 1.31. The normalized spacial score (nSPS) is 26.8. The van der Waals surface area contributed by atoms with Crippen LogP contribution in [-0.2, 0) is 9.47 Å². The highest BCUT2D eigenvalue weighted by Crippen LogP contribution is 2.32. The SMILES string of the molecule is CCOC1CC(Nc2ccc(Cl)cc2I)C1OC. The minimum atomic E-state index is 0.122. The largest absolute Gasteiger partial charge is 0.379 e. The predicted octanol–water partition coefficient (Wildman–Crippen LogP) is 3.55. The summed E-state index contributed by atoms with van der Waals surface area (Å²) < 4.78 is 12.2. The fourth-order valence-electron chi connectivity index (χ4n) is 2.22. The molecule has 5 heteroatoms. The Morgan fingerprint density at radius 3 is 2.89 bits per heavy atom. The Hall–Kier alpha value is -0.0400. The molecule has 0 saturated heterocycles. The van der Waals surface area contributed by atoms with Gasteiger partial charge in [0.1, 0.15) is 6.10 Å². The van der Waals surface area contributed by atoms with Gasteiger partial charge in [0, 0.05) is 28.0 Å². The topological polar surface area (TPSA) is 30.5 Å². The summed E-state index contributed by atoms with van der Waals surface area (Å²) in [5, 5.41) is 4.25. The molecule has 18 heavy (non-hydrogen) atoms. The highest BCUT2D eigenvalue weighted by molar-refractivity contribution is 14.1. The fraction of sp³-hybridized carbons (Fsp3) is 0.538. The third kappa shape index (κ3) is 3.10. The van der Waals surface area contributed by atoms with Crippen LogP contribution < -0.4 is 5.32 Å². The Balaban J connectivity index is 1.98. The van der Waals surface area contributed by atoms with E-state index in [9.17, 15) is 0 Å². The molecule has 3 unspecified atom stereocenters. The Bertz CT molecular complexity index is 416. The molecule has 1 aromatic rings. The first kappa shape index (κ1) is 14.4. The second-order valence-electron chi connectivity index (χ2n) is 4.30. The lowest BCUT2D eigenvalue weighted by Gasteiger charge is -2.43. The van der Waals surface area contributed by atoms with Crippen molar-refractivity contribution < 1.29 is 9.47 Å². The van der Waals surface area contributed by atoms with Crippen LogP contribution in [0.3, 0.4) is 0 Å². The minimum Gasteiger partial charge on any atom is -0.379 e. The first-order chi connectivity index (χ1) is 8.65.